The van der Waals surface area contributed by atoms with Gasteiger partial charge in [-0.1, -0.05) is 37.3 Å². The zero-order valence-corrected chi connectivity index (χ0v) is 11.7. The number of rotatable bonds is 2. The highest BCUT2D eigenvalue weighted by molar-refractivity contribution is 5.00. The Hall–Kier alpha value is -0.900. The fourth-order valence-corrected chi connectivity index (χ4v) is 3.36. The number of hydrogen-bond acceptors (Lipinski definition) is 4. The van der Waals surface area contributed by atoms with E-state index in [-0.39, 0.29) is 0 Å². The molecule has 2 fully saturated rings. The van der Waals surface area contributed by atoms with Crippen LogP contribution in [0.3, 0.4) is 0 Å². The standard InChI is InChI=1S/C15H25N3O/c1-2-4-6-12(7-5-3-1)14-17-15(19-18-14)13-8-10-16-11-9-13/h12-13,16H,1-11H2. The van der Waals surface area contributed by atoms with E-state index in [1.54, 1.807) is 0 Å². The molecule has 1 aliphatic carbocycles. The smallest absolute Gasteiger partial charge is 0.229 e. The SMILES string of the molecule is C1CCCC(c2noc(C3CCNCC3)n2)CCC1. The van der Waals surface area contributed by atoms with Crippen LogP contribution in [0, 0.1) is 0 Å². The molecule has 0 aromatic carbocycles. The molecule has 2 heterocycles. The molecule has 0 atom stereocenters. The van der Waals surface area contributed by atoms with Crippen molar-refractivity contribution in [2.45, 2.75) is 69.6 Å². The zero-order chi connectivity index (χ0) is 12.9. The maximum absolute atomic E-state index is 5.54. The van der Waals surface area contributed by atoms with Gasteiger partial charge in [0.05, 0.1) is 0 Å². The average molecular weight is 263 g/mol. The maximum Gasteiger partial charge on any atom is 0.229 e. The number of hydrogen-bond donors (Lipinski definition) is 1. The normalized spacial score (nSPS) is 24.0. The Bertz CT molecular complexity index is 376. The van der Waals surface area contributed by atoms with E-state index in [4.69, 9.17) is 9.51 Å². The van der Waals surface area contributed by atoms with Gasteiger partial charge in [0, 0.05) is 11.8 Å². The number of nitrogens with zero attached hydrogens (tertiary/aromatic N) is 2. The summed E-state index contributed by atoms with van der Waals surface area (Å²) in [6.07, 6.45) is 11.5. The molecular weight excluding hydrogens is 238 g/mol. The molecule has 1 saturated carbocycles. The van der Waals surface area contributed by atoms with E-state index < -0.39 is 0 Å². The van der Waals surface area contributed by atoms with Crippen LogP contribution in [0.5, 0.6) is 0 Å². The van der Waals surface area contributed by atoms with Crippen LogP contribution >= 0.6 is 0 Å². The number of nitrogens with one attached hydrogen (secondary N) is 1. The molecule has 1 aromatic rings. The molecule has 4 nitrogen and oxygen atoms in total. The molecule has 1 aromatic heterocycles. The molecule has 4 heteroatoms. The Morgan fingerprint density at radius 3 is 2.26 bits per heavy atom. The second-order valence-electron chi connectivity index (χ2n) is 6.06. The van der Waals surface area contributed by atoms with Gasteiger partial charge in [0.15, 0.2) is 5.82 Å². The van der Waals surface area contributed by atoms with Crippen molar-refractivity contribution in [2.75, 3.05) is 13.1 Å². The van der Waals surface area contributed by atoms with Gasteiger partial charge in [-0.25, -0.2) is 0 Å². The van der Waals surface area contributed by atoms with Crippen LogP contribution in [-0.2, 0) is 0 Å². The molecule has 0 radical (unpaired) electrons. The molecule has 106 valence electrons. The van der Waals surface area contributed by atoms with Crippen LogP contribution in [0.25, 0.3) is 0 Å². The first-order valence-corrected chi connectivity index (χ1v) is 7.97. The van der Waals surface area contributed by atoms with E-state index in [9.17, 15) is 0 Å². The zero-order valence-electron chi connectivity index (χ0n) is 11.7. The third kappa shape index (κ3) is 3.35. The lowest BCUT2D eigenvalue weighted by atomic mass is 9.90. The summed E-state index contributed by atoms with van der Waals surface area (Å²) in [4.78, 5) is 4.72. The van der Waals surface area contributed by atoms with Crippen molar-refractivity contribution in [3.05, 3.63) is 11.7 Å². The van der Waals surface area contributed by atoms with Gasteiger partial charge in [-0.05, 0) is 38.8 Å². The topological polar surface area (TPSA) is 51.0 Å². The second kappa shape index (κ2) is 6.51. The van der Waals surface area contributed by atoms with E-state index in [1.165, 1.54) is 44.9 Å². The fraction of sp³-hybridized carbons (Fsp3) is 0.867. The van der Waals surface area contributed by atoms with E-state index in [0.717, 1.165) is 37.6 Å². The van der Waals surface area contributed by atoms with Gasteiger partial charge in [0.1, 0.15) is 0 Å². The summed E-state index contributed by atoms with van der Waals surface area (Å²) in [5, 5.41) is 7.66. The minimum atomic E-state index is 0.482. The van der Waals surface area contributed by atoms with E-state index in [1.807, 2.05) is 0 Å². The molecule has 0 unspecified atom stereocenters. The van der Waals surface area contributed by atoms with E-state index >= 15 is 0 Å². The van der Waals surface area contributed by atoms with Gasteiger partial charge in [0.25, 0.3) is 0 Å². The van der Waals surface area contributed by atoms with Crippen LogP contribution in [0.1, 0.15) is 81.3 Å². The van der Waals surface area contributed by atoms with Gasteiger partial charge >= 0.3 is 0 Å². The molecule has 0 spiro atoms. The Morgan fingerprint density at radius 1 is 0.842 bits per heavy atom. The average Bonchev–Trinajstić information content (AvgIpc) is 2.89. The van der Waals surface area contributed by atoms with Gasteiger partial charge in [0.2, 0.25) is 5.89 Å². The van der Waals surface area contributed by atoms with E-state index in [0.29, 0.717) is 11.8 Å². The van der Waals surface area contributed by atoms with Crippen LogP contribution in [-0.4, -0.2) is 23.2 Å². The molecule has 19 heavy (non-hydrogen) atoms. The predicted octanol–water partition coefficient (Wildman–Crippen LogP) is 3.36. The van der Waals surface area contributed by atoms with Crippen molar-refractivity contribution < 1.29 is 4.52 Å². The summed E-state index contributed by atoms with van der Waals surface area (Å²) < 4.78 is 5.54. The van der Waals surface area contributed by atoms with Crippen molar-refractivity contribution in [3.8, 4) is 0 Å². The van der Waals surface area contributed by atoms with Gasteiger partial charge < -0.3 is 9.84 Å². The minimum Gasteiger partial charge on any atom is -0.339 e. The predicted molar refractivity (Wildman–Crippen MR) is 74.2 cm³/mol. The summed E-state index contributed by atoms with van der Waals surface area (Å²) in [7, 11) is 0. The summed E-state index contributed by atoms with van der Waals surface area (Å²) >= 11 is 0. The maximum atomic E-state index is 5.54. The quantitative estimate of drug-likeness (QED) is 0.889. The monoisotopic (exact) mass is 263 g/mol. The highest BCUT2D eigenvalue weighted by Crippen LogP contribution is 2.31. The third-order valence-electron chi connectivity index (χ3n) is 4.62. The molecule has 1 saturated heterocycles. The summed E-state index contributed by atoms with van der Waals surface area (Å²) in [5.41, 5.74) is 0. The summed E-state index contributed by atoms with van der Waals surface area (Å²) in [6.45, 7) is 2.15. The first kappa shape index (κ1) is 13.1. The Labute approximate surface area is 115 Å². The molecule has 2 aliphatic rings. The largest absolute Gasteiger partial charge is 0.339 e. The van der Waals surface area contributed by atoms with Crippen molar-refractivity contribution in [1.82, 2.24) is 15.5 Å². The molecule has 3 rings (SSSR count). The van der Waals surface area contributed by atoms with Crippen molar-refractivity contribution in [1.29, 1.82) is 0 Å². The van der Waals surface area contributed by atoms with Crippen molar-refractivity contribution >= 4 is 0 Å². The van der Waals surface area contributed by atoms with Gasteiger partial charge in [-0.3, -0.25) is 0 Å². The van der Waals surface area contributed by atoms with E-state index in [2.05, 4.69) is 10.5 Å². The first-order chi connectivity index (χ1) is 9.43. The molecule has 1 aliphatic heterocycles. The lowest BCUT2D eigenvalue weighted by molar-refractivity contribution is 0.315. The molecular formula is C15H25N3O. The fourth-order valence-electron chi connectivity index (χ4n) is 3.36. The first-order valence-electron chi connectivity index (χ1n) is 7.97. The highest BCUT2D eigenvalue weighted by Gasteiger charge is 2.24. The van der Waals surface area contributed by atoms with Crippen LogP contribution in [0.4, 0.5) is 0 Å². The highest BCUT2D eigenvalue weighted by atomic mass is 16.5. The molecule has 0 amide bonds. The minimum absolute atomic E-state index is 0.482. The van der Waals surface area contributed by atoms with Crippen LogP contribution in [0.15, 0.2) is 4.52 Å². The number of aromatic nitrogens is 2. The molecule has 1 N–H and O–H groups in total. The molecule has 0 bridgehead atoms. The summed E-state index contributed by atoms with van der Waals surface area (Å²) in [6, 6.07) is 0. The Morgan fingerprint density at radius 2 is 1.53 bits per heavy atom. The van der Waals surface area contributed by atoms with Gasteiger partial charge in [-0.2, -0.15) is 4.98 Å². The second-order valence-corrected chi connectivity index (χ2v) is 6.06. The van der Waals surface area contributed by atoms with Crippen LogP contribution in [0.2, 0.25) is 0 Å². The van der Waals surface area contributed by atoms with Crippen molar-refractivity contribution in [3.63, 3.8) is 0 Å². The lowest BCUT2D eigenvalue weighted by Crippen LogP contribution is -2.26. The lowest BCUT2D eigenvalue weighted by Gasteiger charge is -2.19. The third-order valence-corrected chi connectivity index (χ3v) is 4.62. The van der Waals surface area contributed by atoms with Crippen molar-refractivity contribution in [2.24, 2.45) is 0 Å². The Balaban J connectivity index is 1.65. The Kier molecular flexibility index (Phi) is 4.49. The van der Waals surface area contributed by atoms with Gasteiger partial charge in [-0.15, -0.1) is 0 Å². The number of piperidine rings is 1. The van der Waals surface area contributed by atoms with Crippen LogP contribution < -0.4 is 5.32 Å². The summed E-state index contributed by atoms with van der Waals surface area (Å²) in [5.74, 6) is 2.89.